The van der Waals surface area contributed by atoms with Gasteiger partial charge in [0.15, 0.2) is 0 Å². The van der Waals surface area contributed by atoms with Gasteiger partial charge in [0.25, 0.3) is 0 Å². The van der Waals surface area contributed by atoms with Crippen LogP contribution in [0.4, 0.5) is 0 Å². The van der Waals surface area contributed by atoms with Crippen LogP contribution in [0, 0.1) is 0 Å². The van der Waals surface area contributed by atoms with Crippen molar-refractivity contribution in [3.8, 4) is 11.5 Å². The van der Waals surface area contributed by atoms with Gasteiger partial charge in [-0.3, -0.25) is 0 Å². The number of aromatic amines is 1. The predicted octanol–water partition coefficient (Wildman–Crippen LogP) is 1.71. The summed E-state index contributed by atoms with van der Waals surface area (Å²) in [4.78, 5) is 7.15. The van der Waals surface area contributed by atoms with Crippen LogP contribution < -0.4 is 5.32 Å². The number of nitrogens with one attached hydrogen (secondary N) is 2. The Labute approximate surface area is 106 Å². The molecule has 0 amide bonds. The van der Waals surface area contributed by atoms with Gasteiger partial charge in [0.1, 0.15) is 17.3 Å². The number of phenols is 2. The molecule has 1 heterocycles. The molecule has 1 atom stereocenters. The number of nitrogens with zero attached hydrogens (tertiary/aromatic N) is 1. The van der Waals surface area contributed by atoms with Crippen LogP contribution in [0.1, 0.15) is 24.4 Å². The van der Waals surface area contributed by atoms with E-state index in [0.717, 1.165) is 12.2 Å². The van der Waals surface area contributed by atoms with Crippen LogP contribution in [0.25, 0.3) is 0 Å². The molecule has 0 fully saturated rings. The summed E-state index contributed by atoms with van der Waals surface area (Å²) in [7, 11) is 0. The lowest BCUT2D eigenvalue weighted by molar-refractivity contribution is 0.419. The Hall–Kier alpha value is -2.01. The first-order valence-corrected chi connectivity index (χ1v) is 5.91. The molecule has 0 saturated heterocycles. The largest absolute Gasteiger partial charge is 0.507 e. The molecule has 96 valence electrons. The van der Waals surface area contributed by atoms with Gasteiger partial charge in [-0.1, -0.05) is 6.07 Å². The lowest BCUT2D eigenvalue weighted by atomic mass is 10.1. The number of phenolic OH excluding ortho intramolecular Hbond substituents is 2. The molecular weight excluding hydrogens is 230 g/mol. The molecule has 18 heavy (non-hydrogen) atoms. The lowest BCUT2D eigenvalue weighted by Crippen LogP contribution is -2.21. The van der Waals surface area contributed by atoms with E-state index in [2.05, 4.69) is 15.3 Å². The molecular formula is C13H17N3O2. The summed E-state index contributed by atoms with van der Waals surface area (Å²) in [5.74, 6) is 1.12. The third-order valence-electron chi connectivity index (χ3n) is 2.86. The second-order valence-corrected chi connectivity index (χ2v) is 4.17. The first-order chi connectivity index (χ1) is 8.68. The summed E-state index contributed by atoms with van der Waals surface area (Å²) in [5.41, 5.74) is 0.525. The van der Waals surface area contributed by atoms with Gasteiger partial charge in [0.2, 0.25) is 0 Å². The Morgan fingerprint density at radius 3 is 2.67 bits per heavy atom. The van der Waals surface area contributed by atoms with Crippen LogP contribution >= 0.6 is 0 Å². The van der Waals surface area contributed by atoms with Gasteiger partial charge >= 0.3 is 0 Å². The van der Waals surface area contributed by atoms with Crippen LogP contribution in [0.2, 0.25) is 0 Å². The molecule has 0 aliphatic heterocycles. The molecule has 4 N–H and O–H groups in total. The van der Waals surface area contributed by atoms with Gasteiger partial charge in [0, 0.05) is 31.4 Å². The van der Waals surface area contributed by atoms with Crippen molar-refractivity contribution in [2.24, 2.45) is 0 Å². The second kappa shape index (κ2) is 5.55. The van der Waals surface area contributed by atoms with Crippen LogP contribution in [-0.2, 0) is 6.42 Å². The monoisotopic (exact) mass is 247 g/mol. The Kier molecular flexibility index (Phi) is 3.84. The zero-order chi connectivity index (χ0) is 13.0. The maximum atomic E-state index is 9.73. The fourth-order valence-corrected chi connectivity index (χ4v) is 1.93. The molecule has 5 nitrogen and oxygen atoms in total. The molecule has 0 aliphatic rings. The van der Waals surface area contributed by atoms with E-state index in [4.69, 9.17) is 0 Å². The average molecular weight is 247 g/mol. The molecule has 1 aromatic heterocycles. The Morgan fingerprint density at radius 2 is 2.06 bits per heavy atom. The van der Waals surface area contributed by atoms with E-state index < -0.39 is 0 Å². The summed E-state index contributed by atoms with van der Waals surface area (Å²) >= 11 is 0. The van der Waals surface area contributed by atoms with E-state index in [1.807, 2.05) is 6.92 Å². The van der Waals surface area contributed by atoms with Crippen LogP contribution in [0.5, 0.6) is 11.5 Å². The zero-order valence-electron chi connectivity index (χ0n) is 10.2. The normalized spacial score (nSPS) is 12.5. The molecule has 1 aromatic carbocycles. The van der Waals surface area contributed by atoms with Gasteiger partial charge in [-0.2, -0.15) is 0 Å². The summed E-state index contributed by atoms with van der Waals surface area (Å²) in [5, 5.41) is 22.7. The van der Waals surface area contributed by atoms with Crippen molar-refractivity contribution in [2.75, 3.05) is 6.54 Å². The minimum absolute atomic E-state index is 0.105. The third kappa shape index (κ3) is 2.81. The maximum absolute atomic E-state index is 9.73. The maximum Gasteiger partial charge on any atom is 0.124 e. The van der Waals surface area contributed by atoms with E-state index >= 15 is 0 Å². The summed E-state index contributed by atoms with van der Waals surface area (Å²) < 4.78 is 0. The van der Waals surface area contributed by atoms with Gasteiger partial charge in [-0.25, -0.2) is 4.98 Å². The minimum Gasteiger partial charge on any atom is -0.507 e. The fraction of sp³-hybridized carbons (Fsp3) is 0.308. The first-order valence-electron chi connectivity index (χ1n) is 5.91. The number of hydrogen-bond donors (Lipinski definition) is 4. The van der Waals surface area contributed by atoms with E-state index in [0.29, 0.717) is 12.1 Å². The molecule has 0 spiro atoms. The highest BCUT2D eigenvalue weighted by Crippen LogP contribution is 2.31. The SMILES string of the molecule is CC(NCCc1ncc[nH]1)c1c(O)cccc1O. The third-order valence-corrected chi connectivity index (χ3v) is 2.86. The van der Waals surface area contributed by atoms with E-state index in [-0.39, 0.29) is 17.5 Å². The fourth-order valence-electron chi connectivity index (χ4n) is 1.93. The average Bonchev–Trinajstić information content (AvgIpc) is 2.82. The van der Waals surface area contributed by atoms with E-state index in [1.165, 1.54) is 0 Å². The van der Waals surface area contributed by atoms with Crippen molar-refractivity contribution in [1.82, 2.24) is 15.3 Å². The lowest BCUT2D eigenvalue weighted by Gasteiger charge is -2.16. The van der Waals surface area contributed by atoms with Crippen molar-refractivity contribution >= 4 is 0 Å². The Balaban J connectivity index is 1.93. The molecule has 2 rings (SSSR count). The van der Waals surface area contributed by atoms with Crippen molar-refractivity contribution in [3.05, 3.63) is 42.0 Å². The van der Waals surface area contributed by atoms with Crippen LogP contribution in [0.3, 0.4) is 0 Å². The van der Waals surface area contributed by atoms with Crippen LogP contribution in [0.15, 0.2) is 30.6 Å². The summed E-state index contributed by atoms with van der Waals surface area (Å²) in [6.07, 6.45) is 4.27. The molecule has 0 bridgehead atoms. The first kappa shape index (κ1) is 12.4. The molecule has 0 radical (unpaired) electrons. The zero-order valence-corrected chi connectivity index (χ0v) is 10.2. The van der Waals surface area contributed by atoms with Crippen molar-refractivity contribution < 1.29 is 10.2 Å². The van der Waals surface area contributed by atoms with Crippen molar-refractivity contribution in [2.45, 2.75) is 19.4 Å². The topological polar surface area (TPSA) is 81.2 Å². The van der Waals surface area contributed by atoms with E-state index in [1.54, 1.807) is 30.6 Å². The number of H-pyrrole nitrogens is 1. The molecule has 0 saturated carbocycles. The van der Waals surface area contributed by atoms with E-state index in [9.17, 15) is 10.2 Å². The van der Waals surface area contributed by atoms with Crippen molar-refractivity contribution in [3.63, 3.8) is 0 Å². The summed E-state index contributed by atoms with van der Waals surface area (Å²) in [6, 6.07) is 4.63. The minimum atomic E-state index is -0.124. The standard InChI is InChI=1S/C13H17N3O2/c1-9(13-10(17)3-2-4-11(13)18)14-6-5-12-15-7-8-16-12/h2-4,7-9,14,17-18H,5-6H2,1H3,(H,15,16). The summed E-state index contributed by atoms with van der Waals surface area (Å²) in [6.45, 7) is 2.61. The van der Waals surface area contributed by atoms with Gasteiger partial charge < -0.3 is 20.5 Å². The van der Waals surface area contributed by atoms with Gasteiger partial charge in [-0.05, 0) is 19.1 Å². The smallest absolute Gasteiger partial charge is 0.124 e. The highest BCUT2D eigenvalue weighted by Gasteiger charge is 2.14. The van der Waals surface area contributed by atoms with Crippen molar-refractivity contribution in [1.29, 1.82) is 0 Å². The number of aromatic nitrogens is 2. The molecule has 1 unspecified atom stereocenters. The Bertz CT molecular complexity index is 477. The second-order valence-electron chi connectivity index (χ2n) is 4.17. The quantitative estimate of drug-likeness (QED) is 0.648. The molecule has 5 heteroatoms. The van der Waals surface area contributed by atoms with Crippen LogP contribution in [-0.4, -0.2) is 26.7 Å². The van der Waals surface area contributed by atoms with Gasteiger partial charge in [-0.15, -0.1) is 0 Å². The number of benzene rings is 1. The predicted molar refractivity (Wildman–Crippen MR) is 68.5 cm³/mol. The molecule has 0 aliphatic carbocycles. The molecule has 2 aromatic rings. The van der Waals surface area contributed by atoms with Gasteiger partial charge in [0.05, 0.1) is 5.56 Å². The highest BCUT2D eigenvalue weighted by atomic mass is 16.3. The highest BCUT2D eigenvalue weighted by molar-refractivity contribution is 5.44. The Morgan fingerprint density at radius 1 is 1.33 bits per heavy atom. The number of aromatic hydroxyl groups is 2. The number of imidazole rings is 1. The number of hydrogen-bond acceptors (Lipinski definition) is 4. The number of rotatable bonds is 5.